The number of hydrogen-bond acceptors (Lipinski definition) is 1. The highest BCUT2D eigenvalue weighted by Crippen LogP contribution is 2.30. The van der Waals surface area contributed by atoms with Crippen LogP contribution in [0.2, 0.25) is 5.02 Å². The monoisotopic (exact) mass is 223 g/mol. The van der Waals surface area contributed by atoms with E-state index in [0.29, 0.717) is 10.6 Å². The number of carbonyl (C=O) groups is 1. The van der Waals surface area contributed by atoms with Crippen molar-refractivity contribution in [2.75, 3.05) is 0 Å². The molecule has 2 rings (SSSR count). The maximum atomic E-state index is 11.1. The molecule has 15 heavy (non-hydrogen) atoms. The van der Waals surface area contributed by atoms with Crippen LogP contribution < -0.4 is 0 Å². The summed E-state index contributed by atoms with van der Waals surface area (Å²) in [5, 5.41) is 10.5. The number of fused-ring (bicyclic) bond motifs is 1. The molecular formula is C11H10ClNO2. The number of aromatic nitrogens is 1. The molecule has 3 nitrogen and oxygen atoms in total. The second-order valence-electron chi connectivity index (χ2n) is 3.47. The molecule has 0 radical (unpaired) electrons. The van der Waals surface area contributed by atoms with Gasteiger partial charge in [0.1, 0.15) is 5.69 Å². The summed E-state index contributed by atoms with van der Waals surface area (Å²) in [6.45, 7) is 1.78. The van der Waals surface area contributed by atoms with Gasteiger partial charge in [-0.1, -0.05) is 17.7 Å². The Morgan fingerprint density at radius 3 is 2.67 bits per heavy atom. The van der Waals surface area contributed by atoms with Crippen LogP contribution in [0.15, 0.2) is 18.2 Å². The maximum Gasteiger partial charge on any atom is 0.352 e. The van der Waals surface area contributed by atoms with Crippen LogP contribution in [0, 0.1) is 6.92 Å². The predicted octanol–water partition coefficient (Wildman–Crippen LogP) is 2.84. The van der Waals surface area contributed by atoms with Gasteiger partial charge in [0.25, 0.3) is 0 Å². The van der Waals surface area contributed by atoms with Crippen molar-refractivity contribution in [3.8, 4) is 0 Å². The summed E-state index contributed by atoms with van der Waals surface area (Å²) in [5.74, 6) is -0.928. The third kappa shape index (κ3) is 1.31. The molecule has 0 fully saturated rings. The molecule has 4 heteroatoms. The highest BCUT2D eigenvalue weighted by Gasteiger charge is 2.18. The van der Waals surface area contributed by atoms with Gasteiger partial charge in [-0.2, -0.15) is 0 Å². The molecule has 2 aromatic rings. The van der Waals surface area contributed by atoms with Gasteiger partial charge < -0.3 is 9.67 Å². The van der Waals surface area contributed by atoms with Gasteiger partial charge in [0.2, 0.25) is 0 Å². The number of aryl methyl sites for hydroxylation is 2. The molecule has 0 bridgehead atoms. The van der Waals surface area contributed by atoms with Crippen molar-refractivity contribution in [3.05, 3.63) is 34.5 Å². The van der Waals surface area contributed by atoms with Gasteiger partial charge in [-0.05, 0) is 24.6 Å². The number of benzene rings is 1. The molecule has 0 unspecified atom stereocenters. The summed E-state index contributed by atoms with van der Waals surface area (Å²) in [4.78, 5) is 11.1. The third-order valence-corrected chi connectivity index (χ3v) is 2.94. The van der Waals surface area contributed by atoms with E-state index in [1.165, 1.54) is 0 Å². The summed E-state index contributed by atoms with van der Waals surface area (Å²) in [6.07, 6.45) is 0. The third-order valence-electron chi connectivity index (χ3n) is 2.62. The van der Waals surface area contributed by atoms with Gasteiger partial charge in [0.15, 0.2) is 0 Å². The lowest BCUT2D eigenvalue weighted by Gasteiger charge is -1.98. The van der Waals surface area contributed by atoms with Crippen molar-refractivity contribution in [2.45, 2.75) is 6.92 Å². The number of halogens is 1. The Kier molecular flexibility index (Phi) is 2.20. The van der Waals surface area contributed by atoms with Crippen molar-refractivity contribution in [2.24, 2.45) is 7.05 Å². The van der Waals surface area contributed by atoms with Crippen LogP contribution in [0.5, 0.6) is 0 Å². The predicted molar refractivity (Wildman–Crippen MR) is 59.6 cm³/mol. The SMILES string of the molecule is Cc1c(C(=O)O)n(C)c2cccc(Cl)c12. The fourth-order valence-electron chi connectivity index (χ4n) is 1.96. The van der Waals surface area contributed by atoms with E-state index < -0.39 is 5.97 Å². The molecule has 0 aliphatic rings. The summed E-state index contributed by atoms with van der Waals surface area (Å²) >= 11 is 6.05. The summed E-state index contributed by atoms with van der Waals surface area (Å²) in [5.41, 5.74) is 1.85. The van der Waals surface area contributed by atoms with Crippen LogP contribution in [0.1, 0.15) is 16.1 Å². The zero-order valence-electron chi connectivity index (χ0n) is 8.41. The Hall–Kier alpha value is -1.48. The lowest BCUT2D eigenvalue weighted by Crippen LogP contribution is -2.05. The van der Waals surface area contributed by atoms with Gasteiger partial charge in [0.05, 0.1) is 10.5 Å². The summed E-state index contributed by atoms with van der Waals surface area (Å²) in [6, 6.07) is 5.44. The highest BCUT2D eigenvalue weighted by molar-refractivity contribution is 6.36. The van der Waals surface area contributed by atoms with Crippen molar-refractivity contribution in [1.29, 1.82) is 0 Å². The first-order valence-electron chi connectivity index (χ1n) is 4.51. The zero-order valence-corrected chi connectivity index (χ0v) is 9.17. The minimum absolute atomic E-state index is 0.290. The van der Waals surface area contributed by atoms with Crippen LogP contribution >= 0.6 is 11.6 Å². The molecule has 78 valence electrons. The quantitative estimate of drug-likeness (QED) is 0.808. The number of carboxylic acids is 1. The Morgan fingerprint density at radius 2 is 2.13 bits per heavy atom. The largest absolute Gasteiger partial charge is 0.477 e. The van der Waals surface area contributed by atoms with Gasteiger partial charge in [-0.25, -0.2) is 4.79 Å². The van der Waals surface area contributed by atoms with E-state index in [0.717, 1.165) is 10.9 Å². The number of nitrogens with zero attached hydrogens (tertiary/aromatic N) is 1. The minimum atomic E-state index is -0.928. The highest BCUT2D eigenvalue weighted by atomic mass is 35.5. The molecule has 0 amide bonds. The summed E-state index contributed by atoms with van der Waals surface area (Å²) < 4.78 is 1.65. The average Bonchev–Trinajstić information content (AvgIpc) is 2.40. The van der Waals surface area contributed by atoms with E-state index in [1.54, 1.807) is 24.6 Å². The Morgan fingerprint density at radius 1 is 1.47 bits per heavy atom. The van der Waals surface area contributed by atoms with Crippen LogP contribution in [-0.2, 0) is 7.05 Å². The molecular weight excluding hydrogens is 214 g/mol. The standard InChI is InChI=1S/C11H10ClNO2/c1-6-9-7(12)4-3-5-8(9)13(2)10(6)11(14)15/h3-5H,1-2H3,(H,14,15). The number of rotatable bonds is 1. The van der Waals surface area contributed by atoms with Crippen LogP contribution in [-0.4, -0.2) is 15.6 Å². The first kappa shape index (κ1) is 10.1. The molecule has 0 aliphatic carbocycles. The summed E-state index contributed by atoms with van der Waals surface area (Å²) in [7, 11) is 1.73. The second kappa shape index (κ2) is 3.28. The van der Waals surface area contributed by atoms with Crippen LogP contribution in [0.25, 0.3) is 10.9 Å². The molecule has 1 N–H and O–H groups in total. The molecule has 0 spiro atoms. The lowest BCUT2D eigenvalue weighted by atomic mass is 10.1. The fraction of sp³-hybridized carbons (Fsp3) is 0.182. The van der Waals surface area contributed by atoms with Gasteiger partial charge in [-0.15, -0.1) is 0 Å². The van der Waals surface area contributed by atoms with E-state index in [-0.39, 0.29) is 5.69 Å². The van der Waals surface area contributed by atoms with Crippen LogP contribution in [0.3, 0.4) is 0 Å². The maximum absolute atomic E-state index is 11.1. The van der Waals surface area contributed by atoms with E-state index >= 15 is 0 Å². The van der Waals surface area contributed by atoms with E-state index in [1.807, 2.05) is 12.1 Å². The Bertz CT molecular complexity index is 557. The Balaban J connectivity index is 2.98. The molecule has 1 aromatic heterocycles. The molecule has 1 aromatic carbocycles. The lowest BCUT2D eigenvalue weighted by molar-refractivity contribution is 0.0686. The number of aromatic carboxylic acids is 1. The van der Waals surface area contributed by atoms with Crippen LogP contribution in [0.4, 0.5) is 0 Å². The van der Waals surface area contributed by atoms with E-state index in [9.17, 15) is 4.79 Å². The molecule has 0 aliphatic heterocycles. The topological polar surface area (TPSA) is 42.2 Å². The molecule has 0 saturated heterocycles. The average molecular weight is 224 g/mol. The molecule has 0 atom stereocenters. The molecule has 1 heterocycles. The van der Waals surface area contributed by atoms with Crippen molar-refractivity contribution in [3.63, 3.8) is 0 Å². The van der Waals surface area contributed by atoms with Crippen molar-refractivity contribution < 1.29 is 9.90 Å². The normalized spacial score (nSPS) is 10.9. The van der Waals surface area contributed by atoms with Crippen molar-refractivity contribution >= 4 is 28.5 Å². The number of carboxylic acid groups (broad SMARTS) is 1. The zero-order chi connectivity index (χ0) is 11.2. The van der Waals surface area contributed by atoms with E-state index in [2.05, 4.69) is 0 Å². The number of hydrogen-bond donors (Lipinski definition) is 1. The van der Waals surface area contributed by atoms with Gasteiger partial charge in [0, 0.05) is 12.4 Å². The first-order valence-corrected chi connectivity index (χ1v) is 4.88. The van der Waals surface area contributed by atoms with E-state index in [4.69, 9.17) is 16.7 Å². The fourth-order valence-corrected chi connectivity index (χ4v) is 2.27. The van der Waals surface area contributed by atoms with Gasteiger partial charge >= 0.3 is 5.97 Å². The van der Waals surface area contributed by atoms with Gasteiger partial charge in [-0.3, -0.25) is 0 Å². The molecule has 0 saturated carbocycles. The Labute approximate surface area is 91.9 Å². The van der Waals surface area contributed by atoms with Crippen molar-refractivity contribution in [1.82, 2.24) is 4.57 Å². The second-order valence-corrected chi connectivity index (χ2v) is 3.88. The first-order chi connectivity index (χ1) is 7.04. The smallest absolute Gasteiger partial charge is 0.352 e. The minimum Gasteiger partial charge on any atom is -0.477 e.